The maximum absolute atomic E-state index is 10.7. The maximum Gasteiger partial charge on any atom is 0.252 e. The number of hydrogen-bond acceptors (Lipinski definition) is 6. The van der Waals surface area contributed by atoms with E-state index in [1.165, 1.54) is 0 Å². The summed E-state index contributed by atoms with van der Waals surface area (Å²) in [5, 5.41) is 11.9. The summed E-state index contributed by atoms with van der Waals surface area (Å²) in [5.41, 5.74) is 0. The molecule has 12 heavy (non-hydrogen) atoms. The van der Waals surface area contributed by atoms with Gasteiger partial charge in [-0.1, -0.05) is 5.16 Å². The molecular formula is C5H8N2O4S. The first-order valence-corrected chi connectivity index (χ1v) is 5.17. The molecule has 7 heteroatoms. The van der Waals surface area contributed by atoms with E-state index in [0.717, 1.165) is 6.26 Å². The molecule has 1 rings (SSSR count). The summed E-state index contributed by atoms with van der Waals surface area (Å²) < 4.78 is 25.9. The molecule has 0 aliphatic heterocycles. The first-order chi connectivity index (χ1) is 5.51. The van der Waals surface area contributed by atoms with E-state index in [1.54, 1.807) is 0 Å². The molecule has 0 aliphatic carbocycles. The van der Waals surface area contributed by atoms with Crippen molar-refractivity contribution in [3.05, 3.63) is 11.7 Å². The van der Waals surface area contributed by atoms with Crippen molar-refractivity contribution in [2.45, 2.75) is 12.4 Å². The fourth-order valence-electron chi connectivity index (χ4n) is 0.648. The van der Waals surface area contributed by atoms with Crippen molar-refractivity contribution in [1.82, 2.24) is 10.1 Å². The lowest BCUT2D eigenvalue weighted by atomic mass is 10.7. The lowest BCUT2D eigenvalue weighted by molar-refractivity contribution is 0.222. The molecular weight excluding hydrogens is 184 g/mol. The van der Waals surface area contributed by atoms with Crippen LogP contribution in [-0.4, -0.2) is 29.9 Å². The monoisotopic (exact) mass is 192 g/mol. The predicted molar refractivity (Wildman–Crippen MR) is 38.8 cm³/mol. The van der Waals surface area contributed by atoms with E-state index in [0.29, 0.717) is 0 Å². The van der Waals surface area contributed by atoms with Gasteiger partial charge in [0.1, 0.15) is 12.4 Å². The van der Waals surface area contributed by atoms with E-state index in [9.17, 15) is 8.42 Å². The molecule has 0 amide bonds. The highest BCUT2D eigenvalue weighted by Gasteiger charge is 2.10. The largest absolute Gasteiger partial charge is 0.387 e. The smallest absolute Gasteiger partial charge is 0.252 e. The number of aliphatic hydroxyl groups is 1. The van der Waals surface area contributed by atoms with Crippen LogP contribution in [0.4, 0.5) is 0 Å². The average Bonchev–Trinajstić information content (AvgIpc) is 2.32. The van der Waals surface area contributed by atoms with Gasteiger partial charge in [0.25, 0.3) is 5.89 Å². The molecule has 68 valence electrons. The van der Waals surface area contributed by atoms with E-state index in [4.69, 9.17) is 5.11 Å². The van der Waals surface area contributed by atoms with Gasteiger partial charge in [0.15, 0.2) is 15.7 Å². The second-order valence-electron chi connectivity index (χ2n) is 2.33. The lowest BCUT2D eigenvalue weighted by Gasteiger charge is -1.87. The Hall–Kier alpha value is -0.950. The van der Waals surface area contributed by atoms with E-state index in [-0.39, 0.29) is 24.1 Å². The van der Waals surface area contributed by atoms with Crippen LogP contribution in [0.5, 0.6) is 0 Å². The van der Waals surface area contributed by atoms with Crippen molar-refractivity contribution in [3.63, 3.8) is 0 Å². The van der Waals surface area contributed by atoms with E-state index in [1.807, 2.05) is 0 Å². The summed E-state index contributed by atoms with van der Waals surface area (Å²) in [7, 11) is -3.14. The molecule has 0 aliphatic rings. The van der Waals surface area contributed by atoms with Crippen molar-refractivity contribution < 1.29 is 18.0 Å². The zero-order chi connectivity index (χ0) is 9.19. The molecule has 0 atom stereocenters. The number of rotatable bonds is 3. The van der Waals surface area contributed by atoms with Crippen LogP contribution in [0.3, 0.4) is 0 Å². The zero-order valence-electron chi connectivity index (χ0n) is 6.39. The Morgan fingerprint density at radius 2 is 2.25 bits per heavy atom. The molecule has 1 heterocycles. The molecule has 0 bridgehead atoms. The van der Waals surface area contributed by atoms with Crippen LogP contribution >= 0.6 is 0 Å². The van der Waals surface area contributed by atoms with Gasteiger partial charge in [0.05, 0.1) is 0 Å². The fourth-order valence-corrected chi connectivity index (χ4v) is 1.23. The summed E-state index contributed by atoms with van der Waals surface area (Å²) in [6, 6.07) is 0. The Labute approximate surface area is 69.1 Å². The van der Waals surface area contributed by atoms with Crippen molar-refractivity contribution in [2.24, 2.45) is 0 Å². The minimum absolute atomic E-state index is 0.0219. The van der Waals surface area contributed by atoms with Crippen LogP contribution in [0.15, 0.2) is 4.52 Å². The van der Waals surface area contributed by atoms with Gasteiger partial charge in [0, 0.05) is 6.26 Å². The third kappa shape index (κ3) is 2.59. The number of hydrogen-bond donors (Lipinski definition) is 1. The number of aliphatic hydroxyl groups excluding tert-OH is 1. The SMILES string of the molecule is CS(=O)(=O)Cc1noc(CO)n1. The molecule has 0 radical (unpaired) electrons. The van der Waals surface area contributed by atoms with Gasteiger partial charge >= 0.3 is 0 Å². The molecule has 1 aromatic heterocycles. The second kappa shape index (κ2) is 3.20. The van der Waals surface area contributed by atoms with Crippen LogP contribution in [0.2, 0.25) is 0 Å². The molecule has 0 fully saturated rings. The standard InChI is InChI=1S/C5H8N2O4S/c1-12(9,10)3-4-6-5(2-8)11-7-4/h8H,2-3H2,1H3. The fraction of sp³-hybridized carbons (Fsp3) is 0.600. The molecule has 0 aromatic carbocycles. The summed E-state index contributed by atoms with van der Waals surface area (Å²) in [6.07, 6.45) is 1.07. The van der Waals surface area contributed by atoms with Crippen LogP contribution < -0.4 is 0 Å². The number of nitrogens with zero attached hydrogens (tertiary/aromatic N) is 2. The number of sulfone groups is 1. The quantitative estimate of drug-likeness (QED) is 0.667. The Morgan fingerprint density at radius 1 is 1.58 bits per heavy atom. The van der Waals surface area contributed by atoms with Crippen molar-refractivity contribution in [1.29, 1.82) is 0 Å². The van der Waals surface area contributed by atoms with Gasteiger partial charge in [-0.2, -0.15) is 4.98 Å². The molecule has 0 unspecified atom stereocenters. The van der Waals surface area contributed by atoms with Crippen molar-refractivity contribution in [3.8, 4) is 0 Å². The average molecular weight is 192 g/mol. The highest BCUT2D eigenvalue weighted by atomic mass is 32.2. The molecule has 0 spiro atoms. The Kier molecular flexibility index (Phi) is 2.43. The third-order valence-corrected chi connectivity index (χ3v) is 1.82. The minimum atomic E-state index is -3.14. The first kappa shape index (κ1) is 9.14. The van der Waals surface area contributed by atoms with E-state index >= 15 is 0 Å². The lowest BCUT2D eigenvalue weighted by Crippen LogP contribution is -2.02. The van der Waals surface area contributed by atoms with E-state index < -0.39 is 9.84 Å². The minimum Gasteiger partial charge on any atom is -0.387 e. The van der Waals surface area contributed by atoms with Crippen molar-refractivity contribution >= 4 is 9.84 Å². The third-order valence-electron chi connectivity index (χ3n) is 1.04. The Bertz CT molecular complexity index is 355. The summed E-state index contributed by atoms with van der Waals surface area (Å²) >= 11 is 0. The van der Waals surface area contributed by atoms with E-state index in [2.05, 4.69) is 14.7 Å². The summed E-state index contributed by atoms with van der Waals surface area (Å²) in [6.45, 7) is -0.378. The second-order valence-corrected chi connectivity index (χ2v) is 4.47. The topological polar surface area (TPSA) is 93.3 Å². The van der Waals surface area contributed by atoms with Gasteiger partial charge in [-0.05, 0) is 0 Å². The highest BCUT2D eigenvalue weighted by Crippen LogP contribution is 2.00. The van der Waals surface area contributed by atoms with Gasteiger partial charge in [0.2, 0.25) is 0 Å². The first-order valence-electron chi connectivity index (χ1n) is 3.11. The van der Waals surface area contributed by atoms with Crippen LogP contribution in [0, 0.1) is 0 Å². The Balaban J connectivity index is 2.78. The van der Waals surface area contributed by atoms with Gasteiger partial charge < -0.3 is 9.63 Å². The van der Waals surface area contributed by atoms with Gasteiger partial charge in [-0.25, -0.2) is 8.42 Å². The van der Waals surface area contributed by atoms with Crippen LogP contribution in [0.25, 0.3) is 0 Å². The van der Waals surface area contributed by atoms with Gasteiger partial charge in [-0.15, -0.1) is 0 Å². The normalized spacial score (nSPS) is 11.8. The summed E-state index contributed by atoms with van der Waals surface area (Å²) in [4.78, 5) is 3.61. The van der Waals surface area contributed by atoms with Crippen molar-refractivity contribution in [2.75, 3.05) is 6.26 Å². The van der Waals surface area contributed by atoms with Gasteiger partial charge in [-0.3, -0.25) is 0 Å². The maximum atomic E-state index is 10.7. The highest BCUT2D eigenvalue weighted by molar-refractivity contribution is 7.89. The Morgan fingerprint density at radius 3 is 2.67 bits per heavy atom. The molecule has 0 saturated heterocycles. The van der Waals surface area contributed by atoms with Crippen LogP contribution in [-0.2, 0) is 22.2 Å². The van der Waals surface area contributed by atoms with Crippen LogP contribution in [0.1, 0.15) is 11.7 Å². The molecule has 0 saturated carbocycles. The zero-order valence-corrected chi connectivity index (χ0v) is 7.21. The summed E-state index contributed by atoms with van der Waals surface area (Å²) in [5.74, 6) is -0.175. The predicted octanol–water partition coefficient (Wildman–Crippen LogP) is -0.894. The molecule has 1 aromatic rings. The molecule has 1 N–H and O–H groups in total. The molecule has 6 nitrogen and oxygen atoms in total. The number of aromatic nitrogens is 2.